The van der Waals surface area contributed by atoms with Crippen molar-refractivity contribution in [3.05, 3.63) is 0 Å². The fourth-order valence-electron chi connectivity index (χ4n) is 0.614. The third kappa shape index (κ3) is 5.64. The first kappa shape index (κ1) is 15.1. The van der Waals surface area contributed by atoms with Crippen molar-refractivity contribution in [1.29, 1.82) is 0 Å². The first-order valence-corrected chi connectivity index (χ1v) is 4.81. The lowest BCUT2D eigenvalue weighted by atomic mass is 10.2. The average molecular weight is 299 g/mol. The molecule has 0 radical (unpaired) electrons. The molecule has 0 aromatic rings. The molecule has 92 valence electrons. The van der Waals surface area contributed by atoms with Crippen LogP contribution in [0.4, 0.5) is 17.6 Å². The minimum Gasteiger partial charge on any atom is -0.394 e. The maximum absolute atomic E-state index is 12.5. The predicted octanol–water partition coefficient (Wildman–Crippen LogP) is 1.37. The number of alkyl halides is 5. The van der Waals surface area contributed by atoms with Crippen molar-refractivity contribution in [3.63, 3.8) is 0 Å². The largest absolute Gasteiger partial charge is 0.394 e. The number of ether oxygens (including phenoxy) is 1. The first-order valence-electron chi connectivity index (χ1n) is 4.02. The van der Waals surface area contributed by atoms with Gasteiger partial charge in [-0.1, -0.05) is 0 Å². The molecule has 0 rings (SSSR count). The molecular weight excluding hydrogens is 288 g/mol. The second kappa shape index (κ2) is 5.97. The molecule has 15 heavy (non-hydrogen) atoms. The van der Waals surface area contributed by atoms with Crippen molar-refractivity contribution in [2.24, 2.45) is 0 Å². The fourth-order valence-corrected chi connectivity index (χ4v) is 0.812. The van der Waals surface area contributed by atoms with Gasteiger partial charge in [0, 0.05) is 6.42 Å². The number of halogens is 5. The Labute approximate surface area is 92.2 Å². The zero-order chi connectivity index (χ0) is 12.1. The lowest BCUT2D eigenvalue weighted by Gasteiger charge is -2.21. The highest BCUT2D eigenvalue weighted by Gasteiger charge is 2.53. The molecule has 0 saturated heterocycles. The number of rotatable bonds is 7. The summed E-state index contributed by atoms with van der Waals surface area (Å²) in [6.45, 7) is -1.59. The predicted molar refractivity (Wildman–Crippen MR) is 47.3 cm³/mol. The van der Waals surface area contributed by atoms with Crippen LogP contribution in [0.5, 0.6) is 0 Å². The van der Waals surface area contributed by atoms with Gasteiger partial charge in [0.1, 0.15) is 6.10 Å². The van der Waals surface area contributed by atoms with Gasteiger partial charge in [0.2, 0.25) is 0 Å². The summed E-state index contributed by atoms with van der Waals surface area (Å²) in [5, 5.41) is 17.0. The molecule has 0 unspecified atom stereocenters. The molecule has 0 bridgehead atoms. The van der Waals surface area contributed by atoms with E-state index >= 15 is 0 Å². The van der Waals surface area contributed by atoms with Crippen LogP contribution in [0.1, 0.15) is 6.42 Å². The third-order valence-electron chi connectivity index (χ3n) is 1.50. The van der Waals surface area contributed by atoms with E-state index in [2.05, 4.69) is 4.74 Å². The van der Waals surface area contributed by atoms with Crippen LogP contribution in [-0.4, -0.2) is 46.9 Å². The summed E-state index contributed by atoms with van der Waals surface area (Å²) in [7, 11) is 0. The maximum Gasteiger partial charge on any atom is 0.363 e. The Morgan fingerprint density at radius 3 is 2.20 bits per heavy atom. The number of aliphatic hydroxyl groups is 2. The van der Waals surface area contributed by atoms with E-state index in [1.165, 1.54) is 0 Å². The molecule has 0 fully saturated rings. The van der Waals surface area contributed by atoms with Crippen LogP contribution < -0.4 is 0 Å². The Morgan fingerprint density at radius 2 is 1.80 bits per heavy atom. The van der Waals surface area contributed by atoms with Crippen LogP contribution >= 0.6 is 15.9 Å². The molecule has 0 heterocycles. The van der Waals surface area contributed by atoms with Gasteiger partial charge < -0.3 is 14.9 Å². The average Bonchev–Trinajstić information content (AvgIpc) is 2.10. The van der Waals surface area contributed by atoms with Gasteiger partial charge in [-0.05, 0) is 15.9 Å². The van der Waals surface area contributed by atoms with Crippen molar-refractivity contribution in [2.75, 3.05) is 19.8 Å². The molecular formula is C7H11BrF4O3. The summed E-state index contributed by atoms with van der Waals surface area (Å²) in [5.74, 6) is -4.21. The Morgan fingerprint density at radius 1 is 1.27 bits per heavy atom. The van der Waals surface area contributed by atoms with Gasteiger partial charge in [0.25, 0.3) is 0 Å². The number of hydrogen-bond acceptors (Lipinski definition) is 3. The highest BCUT2D eigenvalue weighted by molar-refractivity contribution is 9.10. The molecule has 8 heteroatoms. The molecule has 0 spiro atoms. The van der Waals surface area contributed by atoms with Gasteiger partial charge >= 0.3 is 10.8 Å². The third-order valence-corrected chi connectivity index (χ3v) is 2.08. The van der Waals surface area contributed by atoms with Gasteiger partial charge in [-0.3, -0.25) is 0 Å². The Balaban J connectivity index is 3.77. The van der Waals surface area contributed by atoms with Crippen molar-refractivity contribution < 1.29 is 32.5 Å². The monoisotopic (exact) mass is 298 g/mol. The van der Waals surface area contributed by atoms with Crippen molar-refractivity contribution in [2.45, 2.75) is 23.3 Å². The lowest BCUT2D eigenvalue weighted by molar-refractivity contribution is -0.160. The Bertz CT molecular complexity index is 186. The minimum atomic E-state index is -4.28. The summed E-state index contributed by atoms with van der Waals surface area (Å²) in [5.41, 5.74) is 0. The molecule has 0 aromatic carbocycles. The number of aliphatic hydroxyl groups excluding tert-OH is 2. The van der Waals surface area contributed by atoms with Crippen molar-refractivity contribution in [3.8, 4) is 0 Å². The smallest absolute Gasteiger partial charge is 0.363 e. The van der Waals surface area contributed by atoms with Gasteiger partial charge in [0.15, 0.2) is 0 Å². The van der Waals surface area contributed by atoms with E-state index in [4.69, 9.17) is 10.2 Å². The van der Waals surface area contributed by atoms with Crippen molar-refractivity contribution >= 4 is 15.9 Å². The van der Waals surface area contributed by atoms with E-state index < -0.39 is 36.5 Å². The van der Waals surface area contributed by atoms with Gasteiger partial charge in [-0.2, -0.15) is 17.6 Å². The highest BCUT2D eigenvalue weighted by Crippen LogP contribution is 2.41. The molecule has 2 N–H and O–H groups in total. The van der Waals surface area contributed by atoms with Gasteiger partial charge in [0.05, 0.1) is 19.8 Å². The molecule has 3 nitrogen and oxygen atoms in total. The molecule has 1 atom stereocenters. The summed E-state index contributed by atoms with van der Waals surface area (Å²) >= 11 is 1.57. The quantitative estimate of drug-likeness (QED) is 0.424. The normalized spacial score (nSPS) is 15.4. The van der Waals surface area contributed by atoms with Gasteiger partial charge in [-0.15, -0.1) is 0 Å². The molecule has 0 aliphatic heterocycles. The second-order valence-corrected chi connectivity index (χ2v) is 3.86. The van der Waals surface area contributed by atoms with Crippen LogP contribution in [0.3, 0.4) is 0 Å². The van der Waals surface area contributed by atoms with Crippen molar-refractivity contribution in [1.82, 2.24) is 0 Å². The standard InChI is InChI=1S/C7H11BrF4O3/c8-7(11,12)6(9,10)1-2-15-4-5(14)3-13/h5,13-14H,1-4H2/t5-/m1/s1. The molecule has 0 amide bonds. The summed E-state index contributed by atoms with van der Waals surface area (Å²) in [4.78, 5) is -4.28. The van der Waals surface area contributed by atoms with E-state index in [0.29, 0.717) is 0 Å². The summed E-state index contributed by atoms with van der Waals surface area (Å²) in [6, 6.07) is 0. The lowest BCUT2D eigenvalue weighted by Crippen LogP contribution is -2.36. The molecule has 0 aliphatic rings. The van der Waals surface area contributed by atoms with E-state index in [-0.39, 0.29) is 6.61 Å². The fraction of sp³-hybridized carbons (Fsp3) is 1.00. The van der Waals surface area contributed by atoms with Crippen LogP contribution in [-0.2, 0) is 4.74 Å². The van der Waals surface area contributed by atoms with Gasteiger partial charge in [-0.25, -0.2) is 0 Å². The summed E-state index contributed by atoms with van der Waals surface area (Å²) in [6.07, 6.45) is -2.37. The Hall–Kier alpha value is 0.0800. The molecule has 0 aromatic heterocycles. The topological polar surface area (TPSA) is 49.7 Å². The van der Waals surface area contributed by atoms with E-state index in [0.717, 1.165) is 0 Å². The SMILES string of the molecule is OC[C@@H](O)COCCC(F)(F)C(F)(F)Br. The van der Waals surface area contributed by atoms with Crippen LogP contribution in [0, 0.1) is 0 Å². The Kier molecular flexibility index (Phi) is 6.01. The maximum atomic E-state index is 12.5. The number of hydrogen-bond donors (Lipinski definition) is 2. The second-order valence-electron chi connectivity index (χ2n) is 2.86. The molecule has 0 saturated carbocycles. The zero-order valence-electron chi connectivity index (χ0n) is 7.60. The first-order chi connectivity index (χ1) is 6.70. The minimum absolute atomic E-state index is 0.375. The van der Waals surface area contributed by atoms with Crippen LogP contribution in [0.15, 0.2) is 0 Å². The molecule has 0 aliphatic carbocycles. The summed E-state index contributed by atoms with van der Waals surface area (Å²) < 4.78 is 53.9. The van der Waals surface area contributed by atoms with Crippen LogP contribution in [0.25, 0.3) is 0 Å². The van der Waals surface area contributed by atoms with E-state index in [1.54, 1.807) is 15.9 Å². The zero-order valence-corrected chi connectivity index (χ0v) is 9.18. The van der Waals surface area contributed by atoms with Crippen LogP contribution in [0.2, 0.25) is 0 Å². The van der Waals surface area contributed by atoms with E-state index in [9.17, 15) is 17.6 Å². The highest BCUT2D eigenvalue weighted by atomic mass is 79.9. The van der Waals surface area contributed by atoms with E-state index in [1.807, 2.05) is 0 Å².